The monoisotopic (exact) mass is 403 g/mol. The molecule has 1 saturated carbocycles. The molecule has 2 atom stereocenters. The van der Waals surface area contributed by atoms with Crippen LogP contribution in [0, 0.1) is 11.3 Å². The van der Waals surface area contributed by atoms with Crippen LogP contribution in [0.5, 0.6) is 11.5 Å². The van der Waals surface area contributed by atoms with Crippen LogP contribution in [0.2, 0.25) is 0 Å². The SMILES string of the molecule is COc1ccc(OC)c(N2CCN(CC(=O)NC3CC(C)CC(C)(C)C3)C2=O)c1. The van der Waals surface area contributed by atoms with Crippen molar-refractivity contribution in [3.63, 3.8) is 0 Å². The number of hydrogen-bond acceptors (Lipinski definition) is 4. The highest BCUT2D eigenvalue weighted by molar-refractivity contribution is 5.98. The Bertz CT molecular complexity index is 764. The number of hydrogen-bond donors (Lipinski definition) is 1. The van der Waals surface area contributed by atoms with Gasteiger partial charge in [-0.05, 0) is 42.7 Å². The first-order chi connectivity index (χ1) is 13.7. The Labute approximate surface area is 173 Å². The van der Waals surface area contributed by atoms with E-state index in [4.69, 9.17) is 9.47 Å². The fourth-order valence-corrected chi connectivity index (χ4v) is 4.86. The number of anilines is 1. The third-order valence-electron chi connectivity index (χ3n) is 5.86. The summed E-state index contributed by atoms with van der Waals surface area (Å²) in [6.07, 6.45) is 3.15. The molecule has 29 heavy (non-hydrogen) atoms. The summed E-state index contributed by atoms with van der Waals surface area (Å²) >= 11 is 0. The zero-order chi connectivity index (χ0) is 21.2. The number of urea groups is 1. The summed E-state index contributed by atoms with van der Waals surface area (Å²) in [7, 11) is 3.16. The lowest BCUT2D eigenvalue weighted by Crippen LogP contribution is -2.47. The van der Waals surface area contributed by atoms with Crippen molar-refractivity contribution >= 4 is 17.6 Å². The maximum Gasteiger partial charge on any atom is 0.325 e. The molecule has 3 amide bonds. The average Bonchev–Trinajstić information content (AvgIpc) is 2.99. The highest BCUT2D eigenvalue weighted by Crippen LogP contribution is 2.38. The van der Waals surface area contributed by atoms with Gasteiger partial charge in [0.25, 0.3) is 0 Å². The van der Waals surface area contributed by atoms with Crippen molar-refractivity contribution in [2.75, 3.05) is 38.8 Å². The van der Waals surface area contributed by atoms with E-state index in [1.54, 1.807) is 42.2 Å². The lowest BCUT2D eigenvalue weighted by molar-refractivity contribution is -0.122. The molecule has 0 spiro atoms. The zero-order valence-corrected chi connectivity index (χ0v) is 18.2. The van der Waals surface area contributed by atoms with Gasteiger partial charge in [0.1, 0.15) is 18.0 Å². The van der Waals surface area contributed by atoms with Crippen molar-refractivity contribution in [3.8, 4) is 11.5 Å². The van der Waals surface area contributed by atoms with E-state index in [-0.39, 0.29) is 29.9 Å². The maximum atomic E-state index is 12.9. The minimum Gasteiger partial charge on any atom is -0.497 e. The van der Waals surface area contributed by atoms with Crippen LogP contribution in [-0.4, -0.2) is 56.7 Å². The molecule has 0 radical (unpaired) electrons. The van der Waals surface area contributed by atoms with E-state index in [0.717, 1.165) is 12.8 Å². The molecular formula is C22H33N3O4. The first-order valence-electron chi connectivity index (χ1n) is 10.3. The van der Waals surface area contributed by atoms with Gasteiger partial charge in [-0.15, -0.1) is 0 Å². The van der Waals surface area contributed by atoms with Crippen LogP contribution < -0.4 is 19.7 Å². The van der Waals surface area contributed by atoms with Gasteiger partial charge in [0.2, 0.25) is 5.91 Å². The molecule has 160 valence electrons. The van der Waals surface area contributed by atoms with Crippen LogP contribution in [-0.2, 0) is 4.79 Å². The van der Waals surface area contributed by atoms with Crippen LogP contribution in [0.15, 0.2) is 18.2 Å². The van der Waals surface area contributed by atoms with Crippen molar-refractivity contribution < 1.29 is 19.1 Å². The van der Waals surface area contributed by atoms with Gasteiger partial charge in [-0.25, -0.2) is 4.79 Å². The molecule has 2 unspecified atom stereocenters. The largest absolute Gasteiger partial charge is 0.497 e. The number of ether oxygens (including phenoxy) is 2. The van der Waals surface area contributed by atoms with Crippen molar-refractivity contribution in [3.05, 3.63) is 18.2 Å². The zero-order valence-electron chi connectivity index (χ0n) is 18.2. The fraction of sp³-hybridized carbons (Fsp3) is 0.636. The van der Waals surface area contributed by atoms with Gasteiger partial charge < -0.3 is 19.7 Å². The second-order valence-corrected chi connectivity index (χ2v) is 9.07. The molecule has 1 heterocycles. The molecule has 0 bridgehead atoms. The van der Waals surface area contributed by atoms with E-state index in [0.29, 0.717) is 36.2 Å². The number of methoxy groups -OCH3 is 2. The Morgan fingerprint density at radius 1 is 1.21 bits per heavy atom. The molecule has 2 fully saturated rings. The molecule has 1 aromatic rings. The number of benzene rings is 1. The molecule has 1 aliphatic carbocycles. The molecule has 3 rings (SSSR count). The Morgan fingerprint density at radius 3 is 2.62 bits per heavy atom. The summed E-state index contributed by atoms with van der Waals surface area (Å²) in [4.78, 5) is 28.8. The van der Waals surface area contributed by atoms with Crippen LogP contribution in [0.4, 0.5) is 10.5 Å². The highest BCUT2D eigenvalue weighted by Gasteiger charge is 2.35. The standard InChI is InChI=1S/C22H33N3O4/c1-15-10-16(13-22(2,3)12-15)23-20(26)14-24-8-9-25(21(24)27)18-11-17(28-4)6-7-19(18)29-5/h6-7,11,15-16H,8-10,12-14H2,1-5H3,(H,23,26). The molecule has 1 N–H and O–H groups in total. The topological polar surface area (TPSA) is 71.1 Å². The third kappa shape index (κ3) is 4.95. The van der Waals surface area contributed by atoms with Gasteiger partial charge >= 0.3 is 6.03 Å². The van der Waals surface area contributed by atoms with Crippen molar-refractivity contribution in [2.24, 2.45) is 11.3 Å². The molecule has 2 aliphatic rings. The summed E-state index contributed by atoms with van der Waals surface area (Å²) < 4.78 is 10.7. The van der Waals surface area contributed by atoms with E-state index in [1.165, 1.54) is 6.42 Å². The molecule has 1 aromatic carbocycles. The van der Waals surface area contributed by atoms with Gasteiger partial charge in [0.05, 0.1) is 19.9 Å². The Morgan fingerprint density at radius 2 is 1.97 bits per heavy atom. The lowest BCUT2D eigenvalue weighted by atomic mass is 9.70. The normalized spacial score (nSPS) is 23.8. The first kappa shape index (κ1) is 21.3. The van der Waals surface area contributed by atoms with Gasteiger partial charge in [0.15, 0.2) is 0 Å². The average molecular weight is 404 g/mol. The Kier molecular flexibility index (Phi) is 6.24. The summed E-state index contributed by atoms with van der Waals surface area (Å²) in [5, 5.41) is 3.15. The predicted molar refractivity (Wildman–Crippen MR) is 113 cm³/mol. The lowest BCUT2D eigenvalue weighted by Gasteiger charge is -2.39. The summed E-state index contributed by atoms with van der Waals surface area (Å²) in [6, 6.07) is 5.34. The minimum atomic E-state index is -0.191. The van der Waals surface area contributed by atoms with Crippen molar-refractivity contribution in [2.45, 2.75) is 46.1 Å². The number of carbonyl (C=O) groups is 2. The number of rotatable bonds is 6. The first-order valence-corrected chi connectivity index (χ1v) is 10.3. The number of nitrogens with one attached hydrogen (secondary N) is 1. The molecular weight excluding hydrogens is 370 g/mol. The number of amides is 3. The van der Waals surface area contributed by atoms with E-state index < -0.39 is 0 Å². The summed E-state index contributed by atoms with van der Waals surface area (Å²) in [5.74, 6) is 1.75. The van der Waals surface area contributed by atoms with E-state index in [1.807, 2.05) is 0 Å². The molecule has 7 nitrogen and oxygen atoms in total. The van der Waals surface area contributed by atoms with Crippen molar-refractivity contribution in [1.82, 2.24) is 10.2 Å². The molecule has 0 aromatic heterocycles. The second-order valence-electron chi connectivity index (χ2n) is 9.07. The van der Waals surface area contributed by atoms with Crippen molar-refractivity contribution in [1.29, 1.82) is 0 Å². The number of carbonyl (C=O) groups excluding carboxylic acids is 2. The minimum absolute atomic E-state index is 0.0763. The van der Waals surface area contributed by atoms with E-state index >= 15 is 0 Å². The maximum absolute atomic E-state index is 12.9. The van der Waals surface area contributed by atoms with Gasteiger partial charge in [0, 0.05) is 25.2 Å². The summed E-state index contributed by atoms with van der Waals surface area (Å²) in [6.45, 7) is 7.83. The van der Waals surface area contributed by atoms with E-state index in [2.05, 4.69) is 26.1 Å². The summed E-state index contributed by atoms with van der Waals surface area (Å²) in [5.41, 5.74) is 0.890. The van der Waals surface area contributed by atoms with Gasteiger partial charge in [-0.2, -0.15) is 0 Å². The fourth-order valence-electron chi connectivity index (χ4n) is 4.86. The van der Waals surface area contributed by atoms with Crippen LogP contribution >= 0.6 is 0 Å². The predicted octanol–water partition coefficient (Wildman–Crippen LogP) is 3.28. The highest BCUT2D eigenvalue weighted by atomic mass is 16.5. The van der Waals surface area contributed by atoms with Crippen LogP contribution in [0.3, 0.4) is 0 Å². The second kappa shape index (κ2) is 8.51. The Hall–Kier alpha value is -2.44. The smallest absolute Gasteiger partial charge is 0.325 e. The van der Waals surface area contributed by atoms with Gasteiger partial charge in [-0.1, -0.05) is 20.8 Å². The van der Waals surface area contributed by atoms with Gasteiger partial charge in [-0.3, -0.25) is 9.69 Å². The molecule has 1 saturated heterocycles. The Balaban J connectivity index is 1.62. The quantitative estimate of drug-likeness (QED) is 0.791. The number of nitrogens with zero attached hydrogens (tertiary/aromatic N) is 2. The van der Waals surface area contributed by atoms with E-state index in [9.17, 15) is 9.59 Å². The van der Waals surface area contributed by atoms with Crippen LogP contribution in [0.1, 0.15) is 40.0 Å². The molecule has 1 aliphatic heterocycles. The van der Waals surface area contributed by atoms with Crippen LogP contribution in [0.25, 0.3) is 0 Å². The third-order valence-corrected chi connectivity index (χ3v) is 5.86. The molecule has 7 heteroatoms.